The molecule has 0 amide bonds. The van der Waals surface area contributed by atoms with Crippen LogP contribution in [0.2, 0.25) is 5.04 Å². The third-order valence-corrected chi connectivity index (χ3v) is 15.5. The molecule has 2 saturated heterocycles. The Morgan fingerprint density at radius 3 is 2.13 bits per heavy atom. The largest absolute Gasteiger partial charge is 0.407 e. The molecule has 2 aromatic carbocycles. The van der Waals surface area contributed by atoms with Gasteiger partial charge in [-0.05, 0) is 52.1 Å². The molecule has 210 valence electrons. The highest BCUT2D eigenvalue weighted by Crippen LogP contribution is 2.65. The Bertz CT molecular complexity index is 1150. The first-order valence-corrected chi connectivity index (χ1v) is 16.6. The van der Waals surface area contributed by atoms with E-state index in [0.29, 0.717) is 25.7 Å². The molecule has 1 unspecified atom stereocenters. The van der Waals surface area contributed by atoms with Gasteiger partial charge in [-0.3, -0.25) is 0 Å². The summed E-state index contributed by atoms with van der Waals surface area (Å²) < 4.78 is 26.0. The van der Waals surface area contributed by atoms with Crippen LogP contribution in [0, 0.1) is 22.7 Å². The highest BCUT2D eigenvalue weighted by Gasteiger charge is 2.65. The van der Waals surface area contributed by atoms with Crippen LogP contribution in [-0.2, 0) is 18.6 Å². The van der Waals surface area contributed by atoms with Crippen LogP contribution < -0.4 is 10.4 Å². The highest BCUT2D eigenvalue weighted by atomic mass is 28.4. The lowest BCUT2D eigenvalue weighted by Crippen LogP contribution is -2.68. The van der Waals surface area contributed by atoms with Crippen molar-refractivity contribution in [2.75, 3.05) is 19.8 Å². The van der Waals surface area contributed by atoms with Crippen molar-refractivity contribution in [3.05, 3.63) is 72.3 Å². The molecule has 39 heavy (non-hydrogen) atoms. The van der Waals surface area contributed by atoms with Gasteiger partial charge in [0.1, 0.15) is 0 Å². The van der Waals surface area contributed by atoms with Crippen molar-refractivity contribution in [2.24, 2.45) is 22.7 Å². The van der Waals surface area contributed by atoms with Crippen LogP contribution >= 0.6 is 0 Å². The lowest BCUT2D eigenvalue weighted by molar-refractivity contribution is -0.271. The van der Waals surface area contributed by atoms with E-state index < -0.39 is 20.0 Å². The van der Waals surface area contributed by atoms with Crippen LogP contribution in [0.15, 0.2) is 72.3 Å². The third-order valence-electron chi connectivity index (χ3n) is 10.5. The summed E-state index contributed by atoms with van der Waals surface area (Å²) in [7, 11) is -2.71. The Morgan fingerprint density at radius 2 is 1.56 bits per heavy atom. The summed E-state index contributed by atoms with van der Waals surface area (Å²) >= 11 is 0. The first-order chi connectivity index (χ1) is 18.6. The third kappa shape index (κ3) is 4.05. The standard InChI is InChI=1S/C33H44O5Si/c1-23-16-17-33-24(20-25(38-29(33)34)21-28(33)32(23,5)30-35-18-19-36-30)22-37-39(31(2,3)4,26-12-8-6-9-13-26)27-14-10-7-11-15-27/h6-15,21,23-25,29-30,34H,16-20,22H2,1-5H3/t23-,24+,25+,29?,32+,33-/m1/s1. The summed E-state index contributed by atoms with van der Waals surface area (Å²) in [5.41, 5.74) is 0.455. The van der Waals surface area contributed by atoms with E-state index in [2.05, 4.69) is 101 Å². The van der Waals surface area contributed by atoms with E-state index in [1.165, 1.54) is 15.9 Å². The SMILES string of the molecule is C[C@@H]1CC[C@]23C(=C[C@H](C[C@H]2CO[Si](c2ccccc2)(c2ccccc2)C(C)(C)C)OC3O)[C@@]1(C)C1OCCO1. The number of ether oxygens (including phenoxy) is 3. The van der Waals surface area contributed by atoms with E-state index in [9.17, 15) is 5.11 Å². The minimum absolute atomic E-state index is 0.101. The van der Waals surface area contributed by atoms with Gasteiger partial charge in [0.2, 0.25) is 0 Å². The fourth-order valence-electron chi connectivity index (χ4n) is 8.27. The molecule has 6 atom stereocenters. The minimum Gasteiger partial charge on any atom is -0.407 e. The lowest BCUT2D eigenvalue weighted by atomic mass is 9.47. The van der Waals surface area contributed by atoms with Gasteiger partial charge >= 0.3 is 0 Å². The van der Waals surface area contributed by atoms with Crippen molar-refractivity contribution < 1.29 is 23.7 Å². The molecule has 5 nitrogen and oxygen atoms in total. The number of benzene rings is 2. The maximum atomic E-state index is 11.7. The van der Waals surface area contributed by atoms with Crippen molar-refractivity contribution >= 4 is 18.7 Å². The molecule has 1 N–H and O–H groups in total. The molecule has 3 aliphatic heterocycles. The van der Waals surface area contributed by atoms with Gasteiger partial charge in [0.25, 0.3) is 8.32 Å². The van der Waals surface area contributed by atoms with Gasteiger partial charge in [-0.2, -0.15) is 0 Å². The molecule has 0 radical (unpaired) electrons. The molecule has 3 fully saturated rings. The van der Waals surface area contributed by atoms with Gasteiger partial charge in [0.15, 0.2) is 12.6 Å². The van der Waals surface area contributed by atoms with Gasteiger partial charge < -0.3 is 23.7 Å². The Balaban J connectivity index is 1.41. The fraction of sp³-hybridized carbons (Fsp3) is 0.576. The molecule has 2 bridgehead atoms. The van der Waals surface area contributed by atoms with Crippen molar-refractivity contribution in [1.82, 2.24) is 0 Å². The van der Waals surface area contributed by atoms with Gasteiger partial charge in [0, 0.05) is 17.4 Å². The summed E-state index contributed by atoms with van der Waals surface area (Å²) in [6.45, 7) is 13.4. The molecule has 0 aromatic heterocycles. The number of aliphatic hydroxyl groups excluding tert-OH is 1. The van der Waals surface area contributed by atoms with Crippen molar-refractivity contribution in [1.29, 1.82) is 0 Å². The van der Waals surface area contributed by atoms with E-state index >= 15 is 0 Å². The van der Waals surface area contributed by atoms with E-state index in [0.717, 1.165) is 19.3 Å². The molecular formula is C33H44O5Si. The zero-order valence-corrected chi connectivity index (χ0v) is 25.1. The Labute approximate surface area is 234 Å². The Kier molecular flexibility index (Phi) is 6.97. The summed E-state index contributed by atoms with van der Waals surface area (Å²) in [6, 6.07) is 21.7. The van der Waals surface area contributed by atoms with Crippen molar-refractivity contribution in [3.63, 3.8) is 0 Å². The highest BCUT2D eigenvalue weighted by molar-refractivity contribution is 6.99. The number of fused-ring (bicyclic) bond motifs is 2. The van der Waals surface area contributed by atoms with Gasteiger partial charge in [-0.1, -0.05) is 101 Å². The maximum Gasteiger partial charge on any atom is 0.261 e. The Morgan fingerprint density at radius 1 is 0.974 bits per heavy atom. The van der Waals surface area contributed by atoms with Crippen LogP contribution in [0.25, 0.3) is 0 Å². The molecule has 7 rings (SSSR count). The van der Waals surface area contributed by atoms with Gasteiger partial charge in [0.05, 0.1) is 19.3 Å². The summed E-state index contributed by atoms with van der Waals surface area (Å²) in [4.78, 5) is 0. The molecule has 3 heterocycles. The topological polar surface area (TPSA) is 57.2 Å². The number of rotatable bonds is 6. The summed E-state index contributed by atoms with van der Waals surface area (Å²) in [5.74, 6) is 0.517. The monoisotopic (exact) mass is 548 g/mol. The first kappa shape index (κ1) is 27.4. The quantitative estimate of drug-likeness (QED) is 0.406. The van der Waals surface area contributed by atoms with E-state index in [1.54, 1.807) is 0 Å². The zero-order valence-electron chi connectivity index (χ0n) is 24.1. The maximum absolute atomic E-state index is 11.7. The first-order valence-electron chi connectivity index (χ1n) is 14.7. The summed E-state index contributed by atoms with van der Waals surface area (Å²) in [5, 5.41) is 14.1. The Hall–Kier alpha value is -1.80. The fourth-order valence-corrected chi connectivity index (χ4v) is 12.9. The predicted octanol–water partition coefficient (Wildman–Crippen LogP) is 5.02. The number of hydrogen-bond donors (Lipinski definition) is 1. The van der Waals surface area contributed by atoms with Crippen molar-refractivity contribution in [3.8, 4) is 0 Å². The summed E-state index contributed by atoms with van der Waals surface area (Å²) in [6.07, 6.45) is 3.75. The molecule has 2 aromatic rings. The number of hydrogen-bond acceptors (Lipinski definition) is 5. The van der Waals surface area contributed by atoms with Gasteiger partial charge in [-0.15, -0.1) is 0 Å². The molecule has 1 spiro atoms. The van der Waals surface area contributed by atoms with Gasteiger partial charge in [-0.25, -0.2) is 0 Å². The average molecular weight is 549 g/mol. The average Bonchev–Trinajstić information content (AvgIpc) is 3.48. The van der Waals surface area contributed by atoms with Crippen LogP contribution in [0.5, 0.6) is 0 Å². The molecule has 5 aliphatic rings. The second-order valence-electron chi connectivity index (χ2n) is 13.4. The minimum atomic E-state index is -2.71. The molecule has 6 heteroatoms. The van der Waals surface area contributed by atoms with E-state index in [4.69, 9.17) is 18.6 Å². The smallest absolute Gasteiger partial charge is 0.261 e. The molecular weight excluding hydrogens is 504 g/mol. The molecule has 1 saturated carbocycles. The van der Waals surface area contributed by atoms with E-state index in [1.807, 2.05) is 0 Å². The predicted molar refractivity (Wildman–Crippen MR) is 155 cm³/mol. The van der Waals surface area contributed by atoms with Crippen molar-refractivity contribution in [2.45, 2.75) is 77.6 Å². The van der Waals surface area contributed by atoms with E-state index in [-0.39, 0.29) is 28.8 Å². The van der Waals surface area contributed by atoms with Crippen LogP contribution in [0.4, 0.5) is 0 Å². The zero-order chi connectivity index (χ0) is 27.5. The normalized spacial score (nSPS) is 35.1. The lowest BCUT2D eigenvalue weighted by Gasteiger charge is -2.63. The number of aliphatic hydroxyl groups is 1. The molecule has 2 aliphatic carbocycles. The van der Waals surface area contributed by atoms with Crippen LogP contribution in [0.3, 0.4) is 0 Å². The van der Waals surface area contributed by atoms with Crippen LogP contribution in [0.1, 0.15) is 53.9 Å². The second kappa shape index (κ2) is 9.93. The second-order valence-corrected chi connectivity index (χ2v) is 17.7. The van der Waals surface area contributed by atoms with Crippen LogP contribution in [-0.4, -0.2) is 51.9 Å².